The van der Waals surface area contributed by atoms with Gasteiger partial charge in [-0.15, -0.1) is 0 Å². The minimum Gasteiger partial charge on any atom is -0.397 e. The van der Waals surface area contributed by atoms with E-state index in [0.717, 1.165) is 34.6 Å². The van der Waals surface area contributed by atoms with Crippen molar-refractivity contribution >= 4 is 27.4 Å². The van der Waals surface area contributed by atoms with E-state index >= 15 is 0 Å². The highest BCUT2D eigenvalue weighted by molar-refractivity contribution is 9.10. The summed E-state index contributed by atoms with van der Waals surface area (Å²) >= 11 is 3.60. The molecule has 1 atom stereocenters. The van der Waals surface area contributed by atoms with Crippen LogP contribution in [0.25, 0.3) is 0 Å². The molecule has 0 spiro atoms. The molecule has 1 aromatic heterocycles. The van der Waals surface area contributed by atoms with E-state index in [0.29, 0.717) is 5.92 Å². The van der Waals surface area contributed by atoms with Crippen molar-refractivity contribution in [3.63, 3.8) is 0 Å². The van der Waals surface area contributed by atoms with Crippen LogP contribution < -0.4 is 10.6 Å². The molecule has 1 aromatic rings. The van der Waals surface area contributed by atoms with Crippen LogP contribution in [0, 0.1) is 12.8 Å². The van der Waals surface area contributed by atoms with Crippen LogP contribution in [-0.2, 0) is 0 Å². The Hall–Kier alpha value is -0.770. The second kappa shape index (κ2) is 6.24. The molecule has 0 aliphatic carbocycles. The number of nitrogens with zero attached hydrogens (tertiary/aromatic N) is 2. The number of aromatic nitrogens is 1. The molecule has 0 amide bonds. The number of rotatable bonds is 5. The van der Waals surface area contributed by atoms with Crippen molar-refractivity contribution in [3.8, 4) is 0 Å². The van der Waals surface area contributed by atoms with Crippen LogP contribution >= 0.6 is 15.9 Å². The highest BCUT2D eigenvalue weighted by Gasteiger charge is 2.15. The average Bonchev–Trinajstić information content (AvgIpc) is 2.33. The predicted octanol–water partition coefficient (Wildman–Crippen LogP) is 3.61. The first kappa shape index (κ1) is 14.3. The Morgan fingerprint density at radius 1 is 1.47 bits per heavy atom. The van der Waals surface area contributed by atoms with Gasteiger partial charge in [0.25, 0.3) is 0 Å². The van der Waals surface area contributed by atoms with Crippen molar-refractivity contribution in [1.82, 2.24) is 4.98 Å². The van der Waals surface area contributed by atoms with Gasteiger partial charge in [-0.1, -0.05) is 20.3 Å². The van der Waals surface area contributed by atoms with Gasteiger partial charge in [-0.2, -0.15) is 0 Å². The fraction of sp³-hybridized carbons (Fsp3) is 0.615. The third-order valence-electron chi connectivity index (χ3n) is 3.19. The summed E-state index contributed by atoms with van der Waals surface area (Å²) in [6, 6.07) is 0. The zero-order valence-electron chi connectivity index (χ0n) is 11.1. The smallest absolute Gasteiger partial charge is 0.143 e. The van der Waals surface area contributed by atoms with E-state index in [4.69, 9.17) is 5.73 Å². The van der Waals surface area contributed by atoms with Crippen LogP contribution in [0.4, 0.5) is 11.5 Å². The predicted molar refractivity (Wildman–Crippen MR) is 78.4 cm³/mol. The van der Waals surface area contributed by atoms with Gasteiger partial charge < -0.3 is 10.6 Å². The van der Waals surface area contributed by atoms with Gasteiger partial charge in [-0.05, 0) is 41.3 Å². The number of nitrogen functional groups attached to an aromatic ring is 1. The standard InChI is InChI=1S/C13H22BrN3/c1-5-9(3)8-17(6-2)13-12(14)10(4)11(15)7-16-13/h7,9H,5-6,8,15H2,1-4H3. The number of hydrogen-bond acceptors (Lipinski definition) is 3. The van der Waals surface area contributed by atoms with Crippen molar-refractivity contribution in [2.75, 3.05) is 23.7 Å². The van der Waals surface area contributed by atoms with E-state index in [2.05, 4.69) is 46.6 Å². The summed E-state index contributed by atoms with van der Waals surface area (Å²) in [6.45, 7) is 10.6. The second-order valence-electron chi connectivity index (χ2n) is 4.53. The number of halogens is 1. The molecule has 0 aliphatic rings. The zero-order valence-corrected chi connectivity index (χ0v) is 12.7. The number of hydrogen-bond donors (Lipinski definition) is 1. The Balaban J connectivity index is 3.00. The van der Waals surface area contributed by atoms with Crippen LogP contribution in [0.15, 0.2) is 10.7 Å². The van der Waals surface area contributed by atoms with Gasteiger partial charge in [0.1, 0.15) is 5.82 Å². The first-order valence-corrected chi connectivity index (χ1v) is 6.96. The van der Waals surface area contributed by atoms with Gasteiger partial charge in [-0.3, -0.25) is 0 Å². The molecule has 0 aliphatic heterocycles. The summed E-state index contributed by atoms with van der Waals surface area (Å²) < 4.78 is 1.02. The third-order valence-corrected chi connectivity index (χ3v) is 4.14. The SMILES string of the molecule is CCC(C)CN(CC)c1ncc(N)c(C)c1Br. The van der Waals surface area contributed by atoms with Gasteiger partial charge in [0.15, 0.2) is 0 Å². The Morgan fingerprint density at radius 2 is 2.12 bits per heavy atom. The maximum absolute atomic E-state index is 5.85. The molecule has 0 saturated heterocycles. The van der Waals surface area contributed by atoms with Crippen LogP contribution in [0.5, 0.6) is 0 Å². The molecule has 17 heavy (non-hydrogen) atoms. The van der Waals surface area contributed by atoms with Crippen molar-refractivity contribution in [2.24, 2.45) is 5.92 Å². The summed E-state index contributed by atoms with van der Waals surface area (Å²) in [5.41, 5.74) is 7.65. The molecule has 2 N–H and O–H groups in total. The quantitative estimate of drug-likeness (QED) is 0.903. The molecule has 1 heterocycles. The summed E-state index contributed by atoms with van der Waals surface area (Å²) in [5.74, 6) is 1.67. The molecule has 1 rings (SSSR count). The van der Waals surface area contributed by atoms with E-state index in [1.165, 1.54) is 6.42 Å². The Labute approximate surface area is 113 Å². The Kier molecular flexibility index (Phi) is 5.25. The van der Waals surface area contributed by atoms with E-state index in [1.54, 1.807) is 6.20 Å². The van der Waals surface area contributed by atoms with Crippen LogP contribution in [0.3, 0.4) is 0 Å². The molecule has 1 unspecified atom stereocenters. The lowest BCUT2D eigenvalue weighted by Gasteiger charge is -2.26. The number of anilines is 2. The minimum atomic E-state index is 0.668. The molecule has 3 nitrogen and oxygen atoms in total. The average molecular weight is 300 g/mol. The third kappa shape index (κ3) is 3.35. The Bertz CT molecular complexity index is 379. The highest BCUT2D eigenvalue weighted by Crippen LogP contribution is 2.30. The minimum absolute atomic E-state index is 0.668. The zero-order chi connectivity index (χ0) is 13.0. The summed E-state index contributed by atoms with van der Waals surface area (Å²) in [6.07, 6.45) is 2.93. The maximum atomic E-state index is 5.85. The van der Waals surface area contributed by atoms with Gasteiger partial charge in [0, 0.05) is 13.1 Å². The van der Waals surface area contributed by atoms with Gasteiger partial charge in [0.2, 0.25) is 0 Å². The molecule has 0 fully saturated rings. The molecule has 0 bridgehead atoms. The van der Waals surface area contributed by atoms with Crippen molar-refractivity contribution in [2.45, 2.75) is 34.1 Å². The first-order chi connectivity index (χ1) is 8.01. The summed E-state index contributed by atoms with van der Waals surface area (Å²) in [7, 11) is 0. The molecular weight excluding hydrogens is 278 g/mol. The lowest BCUT2D eigenvalue weighted by atomic mass is 10.1. The number of nitrogens with two attached hydrogens (primary N) is 1. The van der Waals surface area contributed by atoms with Crippen LogP contribution in [0.2, 0.25) is 0 Å². The highest BCUT2D eigenvalue weighted by atomic mass is 79.9. The van der Waals surface area contributed by atoms with Gasteiger partial charge >= 0.3 is 0 Å². The topological polar surface area (TPSA) is 42.2 Å². The summed E-state index contributed by atoms with van der Waals surface area (Å²) in [5, 5.41) is 0. The molecule has 0 radical (unpaired) electrons. The van der Waals surface area contributed by atoms with Gasteiger partial charge in [-0.25, -0.2) is 4.98 Å². The molecule has 0 aromatic carbocycles. The lowest BCUT2D eigenvalue weighted by Crippen LogP contribution is -2.29. The fourth-order valence-electron chi connectivity index (χ4n) is 1.67. The van der Waals surface area contributed by atoms with E-state index in [1.807, 2.05) is 6.92 Å². The van der Waals surface area contributed by atoms with Crippen LogP contribution in [0.1, 0.15) is 32.8 Å². The molecular formula is C13H22BrN3. The largest absolute Gasteiger partial charge is 0.397 e. The van der Waals surface area contributed by atoms with Crippen LogP contribution in [-0.4, -0.2) is 18.1 Å². The van der Waals surface area contributed by atoms with E-state index in [9.17, 15) is 0 Å². The van der Waals surface area contributed by atoms with Gasteiger partial charge in [0.05, 0.1) is 16.4 Å². The van der Waals surface area contributed by atoms with Crippen molar-refractivity contribution < 1.29 is 0 Å². The normalized spacial score (nSPS) is 12.5. The number of pyridine rings is 1. The van der Waals surface area contributed by atoms with Crippen molar-refractivity contribution in [1.29, 1.82) is 0 Å². The summed E-state index contributed by atoms with van der Waals surface area (Å²) in [4.78, 5) is 6.75. The van der Waals surface area contributed by atoms with E-state index in [-0.39, 0.29) is 0 Å². The Morgan fingerprint density at radius 3 is 2.65 bits per heavy atom. The molecule has 4 heteroatoms. The first-order valence-electron chi connectivity index (χ1n) is 6.16. The lowest BCUT2D eigenvalue weighted by molar-refractivity contribution is 0.545. The second-order valence-corrected chi connectivity index (χ2v) is 5.32. The van der Waals surface area contributed by atoms with Crippen molar-refractivity contribution in [3.05, 3.63) is 16.2 Å². The monoisotopic (exact) mass is 299 g/mol. The molecule has 96 valence electrons. The fourth-order valence-corrected chi connectivity index (χ4v) is 2.25. The van der Waals surface area contributed by atoms with E-state index < -0.39 is 0 Å². The maximum Gasteiger partial charge on any atom is 0.143 e. The molecule has 0 saturated carbocycles.